The number of nitrogens with two attached hydrogens (primary N) is 2. The van der Waals surface area contributed by atoms with E-state index in [1.165, 1.54) is 52.1 Å². The maximum atomic E-state index is 13.2. The van der Waals surface area contributed by atoms with Crippen LogP contribution in [0.25, 0.3) is 0 Å². The first-order valence-corrected chi connectivity index (χ1v) is 20.7. The van der Waals surface area contributed by atoms with Crippen molar-refractivity contribution in [2.45, 2.75) is 132 Å². The molecule has 27 heteroatoms. The smallest absolute Gasteiger partial charge is 0.347 e. The lowest BCUT2D eigenvalue weighted by Gasteiger charge is -2.21. The van der Waals surface area contributed by atoms with E-state index >= 15 is 0 Å². The number of carbonyl (C=O) groups excluding carboxylic acids is 9. The van der Waals surface area contributed by atoms with Crippen LogP contribution in [0.4, 0.5) is 4.79 Å². The summed E-state index contributed by atoms with van der Waals surface area (Å²) in [5.41, 5.74) is 11.1. The minimum Gasteiger partial charge on any atom is -0.508 e. The third kappa shape index (κ3) is 30.5. The van der Waals surface area contributed by atoms with Gasteiger partial charge in [-0.2, -0.15) is 0 Å². The van der Waals surface area contributed by atoms with Crippen molar-refractivity contribution in [1.29, 1.82) is 0 Å². The number of nitrogens with one attached hydrogen (secondary N) is 7. The van der Waals surface area contributed by atoms with Gasteiger partial charge in [0.1, 0.15) is 36.5 Å². The van der Waals surface area contributed by atoms with Crippen LogP contribution in [-0.2, 0) is 68.6 Å². The summed E-state index contributed by atoms with van der Waals surface area (Å²) in [4.78, 5) is 140. The van der Waals surface area contributed by atoms with Crippen molar-refractivity contribution >= 4 is 71.2 Å². The van der Waals surface area contributed by atoms with Crippen molar-refractivity contribution in [2.75, 3.05) is 39.9 Å². The van der Waals surface area contributed by atoms with E-state index < -0.39 is 121 Å². The molecule has 0 aromatic heterocycles. The van der Waals surface area contributed by atoms with Gasteiger partial charge in [-0.1, -0.05) is 41.8 Å². The molecule has 0 bridgehead atoms. The summed E-state index contributed by atoms with van der Waals surface area (Å²) < 4.78 is 14.9. The number of carboxylic acids is 2. The number of carbonyl (C=O) groups is 11. The zero-order chi connectivity index (χ0) is 50.6. The number of hydrogen-bond donors (Lipinski definition) is 12. The standard InChI is InChI=1S/C40H60N10O17.4CH4/c1-21(51)22(2)66-37(62)23(3)67-38(63)27(48-32(55)20-65-4)8-5-6-14-44-40(64)46-19-31(54)47-26(9-7-15-43-39(41)42)34(58)45-18-30(53)49-28(17-33(56)57)35(59)50-29(36(60)61)16-24-10-12-25(52)13-11-24;;;;/h10-13,22-23,26-29,52H,5-9,14-20H2,1-4H3,(H,45,58)(H,47,54)(H,48,55)(H,49,53)(H,50,59)(H,56,57)(H,60,61)(H4,41,42,43)(H2,44,46,64);4*1H4. The molecular formula is C44H76N10O17. The number of carboxylic acid groups (broad SMARTS) is 2. The van der Waals surface area contributed by atoms with Crippen LogP contribution in [0.3, 0.4) is 0 Å². The second kappa shape index (κ2) is 37.3. The van der Waals surface area contributed by atoms with Crippen molar-refractivity contribution in [3.05, 3.63) is 29.8 Å². The number of benzene rings is 1. The van der Waals surface area contributed by atoms with Gasteiger partial charge < -0.3 is 78.2 Å². The highest BCUT2D eigenvalue weighted by atomic mass is 16.6. The number of phenols is 1. The molecule has 71 heavy (non-hydrogen) atoms. The molecule has 7 amide bonds. The number of aliphatic carboxylic acids is 2. The molecule has 0 aliphatic heterocycles. The number of amides is 7. The number of ketones is 1. The quantitative estimate of drug-likeness (QED) is 0.0178. The molecule has 0 radical (unpaired) electrons. The van der Waals surface area contributed by atoms with Crippen molar-refractivity contribution < 1.29 is 82.3 Å². The lowest BCUT2D eigenvalue weighted by Crippen LogP contribution is -2.55. The van der Waals surface area contributed by atoms with Gasteiger partial charge in [0.15, 0.2) is 24.0 Å². The molecule has 27 nitrogen and oxygen atoms in total. The normalized spacial score (nSPS) is 12.5. The van der Waals surface area contributed by atoms with Gasteiger partial charge in [-0.3, -0.25) is 38.6 Å². The molecule has 14 N–H and O–H groups in total. The number of esters is 2. The average Bonchev–Trinajstić information content (AvgIpc) is 3.25. The number of rotatable bonds is 31. The largest absolute Gasteiger partial charge is 0.508 e. The molecule has 0 aliphatic carbocycles. The Hall–Kier alpha value is -7.58. The van der Waals surface area contributed by atoms with E-state index in [0.29, 0.717) is 5.56 Å². The first-order chi connectivity index (χ1) is 31.5. The SMILES string of the molecule is C.C.C.C.COCC(=O)NC(CCCCNC(=O)NCC(=O)NC(CCCN=C(N)N)C(=O)NCC(=O)NC(CC(=O)O)C(=O)NC(Cc1ccc(O)cc1)C(=O)O)C(=O)OC(C)C(=O)OC(C)C(C)=O. The lowest BCUT2D eigenvalue weighted by atomic mass is 10.0. The lowest BCUT2D eigenvalue weighted by molar-refractivity contribution is -0.172. The maximum absolute atomic E-state index is 13.2. The van der Waals surface area contributed by atoms with Gasteiger partial charge in [0.25, 0.3) is 0 Å². The molecule has 0 aliphatic rings. The molecule has 0 spiro atoms. The number of Topliss-reactive ketones (excluding diaryl/α,β-unsaturated/α-hetero) is 1. The van der Waals surface area contributed by atoms with Crippen molar-refractivity contribution in [2.24, 2.45) is 16.5 Å². The zero-order valence-corrected chi connectivity index (χ0v) is 37.4. The number of nitrogens with zero attached hydrogens (tertiary/aromatic N) is 1. The highest BCUT2D eigenvalue weighted by Gasteiger charge is 2.31. The third-order valence-electron chi connectivity index (χ3n) is 9.04. The summed E-state index contributed by atoms with van der Waals surface area (Å²) in [7, 11) is 1.26. The Morgan fingerprint density at radius 2 is 1.20 bits per heavy atom. The predicted molar refractivity (Wildman–Crippen MR) is 258 cm³/mol. The van der Waals surface area contributed by atoms with Crippen LogP contribution < -0.4 is 48.7 Å². The van der Waals surface area contributed by atoms with Crippen LogP contribution in [-0.4, -0.2) is 163 Å². The molecule has 404 valence electrons. The van der Waals surface area contributed by atoms with Gasteiger partial charge >= 0.3 is 29.9 Å². The van der Waals surface area contributed by atoms with Crippen LogP contribution in [0, 0.1) is 0 Å². The predicted octanol–water partition coefficient (Wildman–Crippen LogP) is -1.28. The van der Waals surface area contributed by atoms with E-state index in [4.69, 9.17) is 25.7 Å². The Morgan fingerprint density at radius 1 is 0.648 bits per heavy atom. The Balaban J connectivity index is -0.00000561. The van der Waals surface area contributed by atoms with Gasteiger partial charge in [0, 0.05) is 26.6 Å². The maximum Gasteiger partial charge on any atom is 0.347 e. The first-order valence-electron chi connectivity index (χ1n) is 20.7. The first kappa shape index (κ1) is 70.0. The molecule has 1 rings (SSSR count). The molecule has 1 aromatic rings. The molecule has 1 aromatic carbocycles. The summed E-state index contributed by atoms with van der Waals surface area (Å²) in [6, 6.07) is -1.25. The summed E-state index contributed by atoms with van der Waals surface area (Å²) in [5.74, 6) is -10.3. The number of aromatic hydroxyl groups is 1. The summed E-state index contributed by atoms with van der Waals surface area (Å²) in [6.45, 7) is 2.02. The number of urea groups is 1. The monoisotopic (exact) mass is 1020 g/mol. The second-order valence-electron chi connectivity index (χ2n) is 14.7. The summed E-state index contributed by atoms with van der Waals surface area (Å²) in [5, 5.41) is 44.7. The van der Waals surface area contributed by atoms with Crippen molar-refractivity contribution in [3.8, 4) is 5.75 Å². The molecule has 0 fully saturated rings. The molecule has 0 heterocycles. The number of phenolic OH excluding ortho intramolecular Hbond substituents is 1. The fourth-order valence-corrected chi connectivity index (χ4v) is 5.45. The van der Waals surface area contributed by atoms with E-state index in [0.717, 1.165) is 0 Å². The zero-order valence-electron chi connectivity index (χ0n) is 37.4. The minimum atomic E-state index is -1.78. The highest BCUT2D eigenvalue weighted by Crippen LogP contribution is 2.12. The van der Waals surface area contributed by atoms with Gasteiger partial charge in [-0.05, 0) is 70.6 Å². The van der Waals surface area contributed by atoms with Crippen LogP contribution in [0.1, 0.15) is 94.6 Å². The van der Waals surface area contributed by atoms with Crippen LogP contribution in [0.15, 0.2) is 29.3 Å². The number of methoxy groups -OCH3 is 1. The number of hydrogen-bond acceptors (Lipinski definition) is 16. The third-order valence-corrected chi connectivity index (χ3v) is 9.04. The Kier molecular flexibility index (Phi) is 36.8. The van der Waals surface area contributed by atoms with Gasteiger partial charge in [0.2, 0.25) is 29.5 Å². The van der Waals surface area contributed by atoms with Gasteiger partial charge in [-0.15, -0.1) is 0 Å². The van der Waals surface area contributed by atoms with E-state index in [-0.39, 0.29) is 99.6 Å². The van der Waals surface area contributed by atoms with Crippen molar-refractivity contribution in [1.82, 2.24) is 37.2 Å². The Bertz CT molecular complexity index is 1930. The number of ether oxygens (including phenoxy) is 3. The van der Waals surface area contributed by atoms with Crippen LogP contribution >= 0.6 is 0 Å². The number of guanidine groups is 1. The molecule has 0 saturated heterocycles. The van der Waals surface area contributed by atoms with E-state index in [1.807, 2.05) is 0 Å². The highest BCUT2D eigenvalue weighted by molar-refractivity contribution is 5.95. The summed E-state index contributed by atoms with van der Waals surface area (Å²) >= 11 is 0. The van der Waals surface area contributed by atoms with Gasteiger partial charge in [-0.25, -0.2) is 19.2 Å². The second-order valence-corrected chi connectivity index (χ2v) is 14.7. The van der Waals surface area contributed by atoms with E-state index in [1.54, 1.807) is 0 Å². The Morgan fingerprint density at radius 3 is 1.75 bits per heavy atom. The van der Waals surface area contributed by atoms with Crippen molar-refractivity contribution in [3.63, 3.8) is 0 Å². The topological polar surface area (TPSA) is 425 Å². The van der Waals surface area contributed by atoms with Crippen LogP contribution in [0.2, 0.25) is 0 Å². The van der Waals surface area contributed by atoms with Gasteiger partial charge in [0.05, 0.1) is 19.5 Å². The minimum absolute atomic E-state index is 0. The number of unbranched alkanes of at least 4 members (excludes halogenated alkanes) is 1. The Labute approximate surface area is 413 Å². The number of aliphatic imine (C=N–C) groups is 1. The fraction of sp³-hybridized carbons (Fsp3) is 0.591. The van der Waals surface area contributed by atoms with E-state index in [9.17, 15) is 68.1 Å². The average molecular weight is 1020 g/mol. The molecule has 6 unspecified atom stereocenters. The molecule has 6 atom stereocenters. The van der Waals surface area contributed by atoms with Crippen LogP contribution in [0.5, 0.6) is 5.75 Å². The van der Waals surface area contributed by atoms with E-state index in [2.05, 4.69) is 42.2 Å². The molecular weight excluding hydrogens is 941 g/mol. The fourth-order valence-electron chi connectivity index (χ4n) is 5.45. The molecule has 0 saturated carbocycles. The summed E-state index contributed by atoms with van der Waals surface area (Å²) in [6.07, 6.45) is -3.11.